The topological polar surface area (TPSA) is 46.9 Å². The van der Waals surface area contributed by atoms with E-state index in [1.165, 1.54) is 11.1 Å². The van der Waals surface area contributed by atoms with Crippen molar-refractivity contribution in [3.05, 3.63) is 100 Å². The second kappa shape index (κ2) is 7.87. The van der Waals surface area contributed by atoms with Gasteiger partial charge in [0.05, 0.1) is 28.2 Å². The van der Waals surface area contributed by atoms with Crippen LogP contribution in [0.2, 0.25) is 5.02 Å². The van der Waals surface area contributed by atoms with Crippen molar-refractivity contribution < 1.29 is 4.79 Å². The van der Waals surface area contributed by atoms with Gasteiger partial charge in [-0.1, -0.05) is 65.7 Å². The van der Waals surface area contributed by atoms with Gasteiger partial charge in [-0.3, -0.25) is 4.79 Å². The zero-order valence-electron chi connectivity index (χ0n) is 15.5. The SMILES string of the molecule is Cc1cccc(Cn2c(CNC(=O)c3ccccc3Cl)nc3ccccc32)c1. The largest absolute Gasteiger partial charge is 0.345 e. The van der Waals surface area contributed by atoms with Crippen LogP contribution in [0.1, 0.15) is 27.3 Å². The van der Waals surface area contributed by atoms with Crippen LogP contribution in [0.15, 0.2) is 72.8 Å². The normalized spacial score (nSPS) is 10.9. The first-order valence-corrected chi connectivity index (χ1v) is 9.52. The number of aryl methyl sites for hydroxylation is 1. The van der Waals surface area contributed by atoms with E-state index in [-0.39, 0.29) is 5.91 Å². The molecule has 0 radical (unpaired) electrons. The molecule has 0 saturated carbocycles. The third kappa shape index (κ3) is 3.78. The number of para-hydroxylation sites is 2. The first-order chi connectivity index (χ1) is 13.6. The van der Waals surface area contributed by atoms with Crippen molar-refractivity contribution in [3.63, 3.8) is 0 Å². The highest BCUT2D eigenvalue weighted by Gasteiger charge is 2.14. The van der Waals surface area contributed by atoms with Gasteiger partial charge in [-0.25, -0.2) is 4.98 Å². The molecule has 4 aromatic rings. The van der Waals surface area contributed by atoms with Gasteiger partial charge in [-0.15, -0.1) is 0 Å². The summed E-state index contributed by atoms with van der Waals surface area (Å²) in [6.45, 7) is 3.10. The number of amides is 1. The van der Waals surface area contributed by atoms with Crippen LogP contribution in [0.25, 0.3) is 11.0 Å². The Bertz CT molecular complexity index is 1150. The lowest BCUT2D eigenvalue weighted by molar-refractivity contribution is 0.0949. The Labute approximate surface area is 168 Å². The third-order valence-corrected chi connectivity index (χ3v) is 5.01. The number of carbonyl (C=O) groups excluding carboxylic acids is 1. The standard InChI is InChI=1S/C23H20ClN3O/c1-16-7-6-8-17(13-16)15-27-21-12-5-4-11-20(21)26-22(27)14-25-23(28)18-9-2-3-10-19(18)24/h2-13H,14-15H2,1H3,(H,25,28). The Kier molecular flexibility index (Phi) is 5.13. The summed E-state index contributed by atoms with van der Waals surface area (Å²) < 4.78 is 2.15. The van der Waals surface area contributed by atoms with E-state index in [4.69, 9.17) is 16.6 Å². The zero-order valence-corrected chi connectivity index (χ0v) is 16.3. The highest BCUT2D eigenvalue weighted by Crippen LogP contribution is 2.19. The summed E-state index contributed by atoms with van der Waals surface area (Å²) in [5.41, 5.74) is 4.84. The van der Waals surface area contributed by atoms with Crippen LogP contribution in [0.5, 0.6) is 0 Å². The fourth-order valence-corrected chi connectivity index (χ4v) is 3.55. The molecule has 3 aromatic carbocycles. The number of rotatable bonds is 5. The van der Waals surface area contributed by atoms with Gasteiger partial charge in [0.15, 0.2) is 0 Å². The molecule has 0 atom stereocenters. The molecule has 0 aliphatic rings. The minimum Gasteiger partial charge on any atom is -0.345 e. The average molecular weight is 390 g/mol. The van der Waals surface area contributed by atoms with Crippen LogP contribution in [0.4, 0.5) is 0 Å². The van der Waals surface area contributed by atoms with Gasteiger partial charge < -0.3 is 9.88 Å². The van der Waals surface area contributed by atoms with E-state index < -0.39 is 0 Å². The molecule has 0 aliphatic heterocycles. The molecule has 4 nitrogen and oxygen atoms in total. The van der Waals surface area contributed by atoms with Gasteiger partial charge in [0.25, 0.3) is 5.91 Å². The lowest BCUT2D eigenvalue weighted by Gasteiger charge is -2.11. The highest BCUT2D eigenvalue weighted by atomic mass is 35.5. The van der Waals surface area contributed by atoms with Crippen LogP contribution in [-0.4, -0.2) is 15.5 Å². The number of fused-ring (bicyclic) bond motifs is 1. The van der Waals surface area contributed by atoms with Crippen molar-refractivity contribution in [1.29, 1.82) is 0 Å². The molecule has 0 aliphatic carbocycles. The van der Waals surface area contributed by atoms with E-state index in [1.807, 2.05) is 18.2 Å². The Morgan fingerprint density at radius 2 is 1.82 bits per heavy atom. The number of carbonyl (C=O) groups is 1. The average Bonchev–Trinajstić information content (AvgIpc) is 3.04. The lowest BCUT2D eigenvalue weighted by Crippen LogP contribution is -2.25. The van der Waals surface area contributed by atoms with E-state index in [0.717, 1.165) is 16.9 Å². The quantitative estimate of drug-likeness (QED) is 0.523. The minimum absolute atomic E-state index is 0.209. The number of imidazole rings is 1. The Balaban J connectivity index is 1.63. The number of hydrogen-bond donors (Lipinski definition) is 1. The molecule has 0 saturated heterocycles. The summed E-state index contributed by atoms with van der Waals surface area (Å²) in [6, 6.07) is 23.5. The van der Waals surface area contributed by atoms with Crippen molar-refractivity contribution in [2.75, 3.05) is 0 Å². The maximum atomic E-state index is 12.5. The first kappa shape index (κ1) is 18.3. The lowest BCUT2D eigenvalue weighted by atomic mass is 10.1. The maximum Gasteiger partial charge on any atom is 0.253 e. The van der Waals surface area contributed by atoms with Gasteiger partial charge in [0.1, 0.15) is 5.82 Å². The Hall–Kier alpha value is -3.11. The van der Waals surface area contributed by atoms with Gasteiger partial charge in [0, 0.05) is 6.54 Å². The fraction of sp³-hybridized carbons (Fsp3) is 0.130. The molecule has 1 aromatic heterocycles. The Morgan fingerprint density at radius 3 is 2.64 bits per heavy atom. The molecular formula is C23H20ClN3O. The number of halogens is 1. The van der Waals surface area contributed by atoms with Gasteiger partial charge in [0.2, 0.25) is 0 Å². The molecule has 0 spiro atoms. The monoisotopic (exact) mass is 389 g/mol. The minimum atomic E-state index is -0.209. The second-order valence-electron chi connectivity index (χ2n) is 6.75. The number of nitrogens with zero attached hydrogens (tertiary/aromatic N) is 2. The van der Waals surface area contributed by atoms with E-state index in [1.54, 1.807) is 24.3 Å². The number of hydrogen-bond acceptors (Lipinski definition) is 2. The first-order valence-electron chi connectivity index (χ1n) is 9.14. The van der Waals surface area contributed by atoms with Gasteiger partial charge in [-0.2, -0.15) is 0 Å². The smallest absolute Gasteiger partial charge is 0.253 e. The molecule has 1 N–H and O–H groups in total. The summed E-state index contributed by atoms with van der Waals surface area (Å²) >= 11 is 6.14. The summed E-state index contributed by atoms with van der Waals surface area (Å²) in [5, 5.41) is 3.39. The molecule has 1 heterocycles. The number of benzene rings is 3. The number of nitrogens with one attached hydrogen (secondary N) is 1. The predicted molar refractivity (Wildman–Crippen MR) is 113 cm³/mol. The molecule has 0 unspecified atom stereocenters. The van der Waals surface area contributed by atoms with Gasteiger partial charge >= 0.3 is 0 Å². The Morgan fingerprint density at radius 1 is 1.04 bits per heavy atom. The predicted octanol–water partition coefficient (Wildman–Crippen LogP) is 4.98. The molecular weight excluding hydrogens is 370 g/mol. The van der Waals surface area contributed by atoms with Crippen LogP contribution >= 0.6 is 11.6 Å². The van der Waals surface area contributed by atoms with Crippen LogP contribution in [0.3, 0.4) is 0 Å². The van der Waals surface area contributed by atoms with Crippen LogP contribution < -0.4 is 5.32 Å². The number of aromatic nitrogens is 2. The maximum absolute atomic E-state index is 12.5. The van der Waals surface area contributed by atoms with Crippen molar-refractivity contribution in [3.8, 4) is 0 Å². The zero-order chi connectivity index (χ0) is 19.5. The molecule has 5 heteroatoms. The van der Waals surface area contributed by atoms with Crippen LogP contribution in [0, 0.1) is 6.92 Å². The summed E-state index contributed by atoms with van der Waals surface area (Å²) in [5.74, 6) is 0.600. The van der Waals surface area contributed by atoms with Crippen molar-refractivity contribution in [2.45, 2.75) is 20.0 Å². The molecule has 1 amide bonds. The summed E-state index contributed by atoms with van der Waals surface area (Å²) in [7, 11) is 0. The van der Waals surface area contributed by atoms with E-state index in [2.05, 4.69) is 47.1 Å². The fourth-order valence-electron chi connectivity index (χ4n) is 3.33. The van der Waals surface area contributed by atoms with E-state index >= 15 is 0 Å². The molecule has 28 heavy (non-hydrogen) atoms. The molecule has 0 bridgehead atoms. The molecule has 4 rings (SSSR count). The van der Waals surface area contributed by atoms with Crippen molar-refractivity contribution in [1.82, 2.24) is 14.9 Å². The van der Waals surface area contributed by atoms with E-state index in [9.17, 15) is 4.79 Å². The van der Waals surface area contributed by atoms with Crippen molar-refractivity contribution >= 4 is 28.5 Å². The molecule has 140 valence electrons. The van der Waals surface area contributed by atoms with Gasteiger partial charge in [-0.05, 0) is 36.8 Å². The summed E-state index contributed by atoms with van der Waals surface area (Å²) in [4.78, 5) is 17.3. The highest BCUT2D eigenvalue weighted by molar-refractivity contribution is 6.33. The van der Waals surface area contributed by atoms with Crippen molar-refractivity contribution in [2.24, 2.45) is 0 Å². The third-order valence-electron chi connectivity index (χ3n) is 4.68. The van der Waals surface area contributed by atoms with Crippen LogP contribution in [-0.2, 0) is 13.1 Å². The summed E-state index contributed by atoms with van der Waals surface area (Å²) in [6.07, 6.45) is 0. The second-order valence-corrected chi connectivity index (χ2v) is 7.16. The van der Waals surface area contributed by atoms with E-state index in [0.29, 0.717) is 23.7 Å². The molecule has 0 fully saturated rings.